The minimum atomic E-state index is -0.393. The summed E-state index contributed by atoms with van der Waals surface area (Å²) in [6.07, 6.45) is 5.24. The van der Waals surface area contributed by atoms with E-state index in [0.29, 0.717) is 23.8 Å². The molecule has 0 saturated heterocycles. The molecule has 0 heterocycles. The zero-order chi connectivity index (χ0) is 12.2. The summed E-state index contributed by atoms with van der Waals surface area (Å²) in [5, 5.41) is 13.7. The second kappa shape index (κ2) is 3.71. The molecule has 4 saturated carbocycles. The van der Waals surface area contributed by atoms with E-state index in [1.807, 2.05) is 13.8 Å². The van der Waals surface area contributed by atoms with Crippen molar-refractivity contribution in [3.63, 3.8) is 0 Å². The SMILES string of the molecule is CC(C)C(=O)NC1C2CC3CC1CC(O)(C3)C2. The van der Waals surface area contributed by atoms with Gasteiger partial charge >= 0.3 is 0 Å². The van der Waals surface area contributed by atoms with E-state index in [1.54, 1.807) is 0 Å². The fourth-order valence-electron chi connectivity index (χ4n) is 4.55. The second-order valence-corrected chi connectivity index (χ2v) is 6.88. The highest BCUT2D eigenvalue weighted by atomic mass is 16.3. The van der Waals surface area contributed by atoms with Gasteiger partial charge < -0.3 is 10.4 Å². The lowest BCUT2D eigenvalue weighted by atomic mass is 9.52. The molecule has 2 N–H and O–H groups in total. The lowest BCUT2D eigenvalue weighted by Gasteiger charge is -2.58. The summed E-state index contributed by atoms with van der Waals surface area (Å²) >= 11 is 0. The number of amides is 1. The first-order valence-electron chi connectivity index (χ1n) is 6.99. The van der Waals surface area contributed by atoms with E-state index in [2.05, 4.69) is 5.32 Å². The number of carbonyl (C=O) groups excluding carboxylic acids is 1. The van der Waals surface area contributed by atoms with Crippen molar-refractivity contribution < 1.29 is 9.90 Å². The molecule has 1 amide bonds. The Hall–Kier alpha value is -0.570. The molecular formula is C14H23NO2. The Morgan fingerprint density at radius 1 is 1.24 bits per heavy atom. The van der Waals surface area contributed by atoms with Crippen molar-refractivity contribution in [1.82, 2.24) is 5.32 Å². The average Bonchev–Trinajstić information content (AvgIpc) is 2.20. The molecule has 4 aliphatic carbocycles. The molecule has 0 aromatic rings. The van der Waals surface area contributed by atoms with Crippen molar-refractivity contribution in [3.05, 3.63) is 0 Å². The molecule has 4 rings (SSSR count). The third kappa shape index (κ3) is 1.88. The van der Waals surface area contributed by atoms with Crippen LogP contribution in [0.3, 0.4) is 0 Å². The Morgan fingerprint density at radius 2 is 1.82 bits per heavy atom. The van der Waals surface area contributed by atoms with E-state index in [-0.39, 0.29) is 11.8 Å². The minimum Gasteiger partial charge on any atom is -0.390 e. The van der Waals surface area contributed by atoms with Crippen LogP contribution in [0.5, 0.6) is 0 Å². The number of hydrogen-bond acceptors (Lipinski definition) is 2. The van der Waals surface area contributed by atoms with Gasteiger partial charge in [0.25, 0.3) is 0 Å². The maximum absolute atomic E-state index is 11.8. The molecule has 96 valence electrons. The fourth-order valence-corrected chi connectivity index (χ4v) is 4.55. The van der Waals surface area contributed by atoms with Gasteiger partial charge in [0.2, 0.25) is 5.91 Å². The molecule has 3 nitrogen and oxygen atoms in total. The highest BCUT2D eigenvalue weighted by molar-refractivity contribution is 5.78. The van der Waals surface area contributed by atoms with Gasteiger partial charge in [0.1, 0.15) is 0 Å². The summed E-state index contributed by atoms with van der Waals surface area (Å²) in [7, 11) is 0. The van der Waals surface area contributed by atoms with E-state index in [0.717, 1.165) is 19.3 Å². The van der Waals surface area contributed by atoms with Crippen LogP contribution in [0.25, 0.3) is 0 Å². The molecule has 3 heteroatoms. The monoisotopic (exact) mass is 237 g/mol. The van der Waals surface area contributed by atoms with Gasteiger partial charge in [-0.3, -0.25) is 4.79 Å². The zero-order valence-corrected chi connectivity index (χ0v) is 10.8. The highest BCUT2D eigenvalue weighted by Gasteiger charge is 2.54. The summed E-state index contributed by atoms with van der Waals surface area (Å²) in [6, 6.07) is 0.335. The van der Waals surface area contributed by atoms with Crippen LogP contribution in [0, 0.1) is 23.7 Å². The molecule has 17 heavy (non-hydrogen) atoms. The summed E-state index contributed by atoms with van der Waals surface area (Å²) in [4.78, 5) is 11.8. The Labute approximate surface area is 103 Å². The van der Waals surface area contributed by atoms with Crippen LogP contribution < -0.4 is 5.32 Å². The van der Waals surface area contributed by atoms with Gasteiger partial charge in [-0.25, -0.2) is 0 Å². The molecule has 0 aromatic heterocycles. The number of carbonyl (C=O) groups is 1. The molecule has 0 aromatic carbocycles. The Kier molecular flexibility index (Phi) is 2.51. The molecule has 0 spiro atoms. The Bertz CT molecular complexity index is 323. The van der Waals surface area contributed by atoms with Crippen molar-refractivity contribution in [3.8, 4) is 0 Å². The number of nitrogens with one attached hydrogen (secondary N) is 1. The smallest absolute Gasteiger partial charge is 0.222 e. The van der Waals surface area contributed by atoms with Crippen LogP contribution in [0.4, 0.5) is 0 Å². The molecule has 0 aliphatic heterocycles. The lowest BCUT2D eigenvalue weighted by molar-refractivity contribution is -0.147. The molecule has 4 bridgehead atoms. The van der Waals surface area contributed by atoms with Crippen LogP contribution in [-0.2, 0) is 4.79 Å². The van der Waals surface area contributed by atoms with E-state index in [4.69, 9.17) is 0 Å². The van der Waals surface area contributed by atoms with E-state index >= 15 is 0 Å². The molecule has 2 atom stereocenters. The van der Waals surface area contributed by atoms with Crippen molar-refractivity contribution in [2.45, 2.75) is 57.6 Å². The van der Waals surface area contributed by atoms with Crippen LogP contribution in [-0.4, -0.2) is 22.7 Å². The van der Waals surface area contributed by atoms with E-state index < -0.39 is 5.60 Å². The predicted octanol–water partition coefficient (Wildman–Crippen LogP) is 1.70. The van der Waals surface area contributed by atoms with Gasteiger partial charge in [-0.2, -0.15) is 0 Å². The average molecular weight is 237 g/mol. The molecule has 2 unspecified atom stereocenters. The largest absolute Gasteiger partial charge is 0.390 e. The number of hydrogen-bond donors (Lipinski definition) is 2. The van der Waals surface area contributed by atoms with Crippen molar-refractivity contribution in [2.75, 3.05) is 0 Å². The topological polar surface area (TPSA) is 49.3 Å². The molecule has 4 aliphatic rings. The maximum Gasteiger partial charge on any atom is 0.222 e. The van der Waals surface area contributed by atoms with Crippen LogP contribution in [0.2, 0.25) is 0 Å². The highest BCUT2D eigenvalue weighted by Crippen LogP contribution is 2.55. The lowest BCUT2D eigenvalue weighted by Crippen LogP contribution is -2.62. The number of rotatable bonds is 2. The van der Waals surface area contributed by atoms with Gasteiger partial charge in [0.05, 0.1) is 5.60 Å². The molecular weight excluding hydrogens is 214 g/mol. The van der Waals surface area contributed by atoms with Gasteiger partial charge in [0.15, 0.2) is 0 Å². The van der Waals surface area contributed by atoms with Gasteiger partial charge in [-0.1, -0.05) is 13.8 Å². The Morgan fingerprint density at radius 3 is 2.29 bits per heavy atom. The summed E-state index contributed by atoms with van der Waals surface area (Å²) in [6.45, 7) is 3.89. The quantitative estimate of drug-likeness (QED) is 0.768. The molecule has 4 fully saturated rings. The van der Waals surface area contributed by atoms with Crippen molar-refractivity contribution >= 4 is 5.91 Å². The van der Waals surface area contributed by atoms with Crippen LogP contribution in [0.15, 0.2) is 0 Å². The summed E-state index contributed by atoms with van der Waals surface area (Å²) < 4.78 is 0. The summed E-state index contributed by atoms with van der Waals surface area (Å²) in [5.41, 5.74) is -0.393. The predicted molar refractivity (Wildman–Crippen MR) is 65.3 cm³/mol. The molecule has 0 radical (unpaired) electrons. The van der Waals surface area contributed by atoms with E-state index in [9.17, 15) is 9.90 Å². The Balaban J connectivity index is 1.74. The van der Waals surface area contributed by atoms with Crippen molar-refractivity contribution in [1.29, 1.82) is 0 Å². The zero-order valence-electron chi connectivity index (χ0n) is 10.8. The first-order valence-corrected chi connectivity index (χ1v) is 6.99. The van der Waals surface area contributed by atoms with Crippen LogP contribution >= 0.6 is 0 Å². The fraction of sp³-hybridized carbons (Fsp3) is 0.929. The second-order valence-electron chi connectivity index (χ2n) is 6.88. The third-order valence-corrected chi connectivity index (χ3v) is 5.07. The van der Waals surface area contributed by atoms with Gasteiger partial charge in [0, 0.05) is 12.0 Å². The summed E-state index contributed by atoms with van der Waals surface area (Å²) in [5.74, 6) is 2.00. The van der Waals surface area contributed by atoms with Crippen molar-refractivity contribution in [2.24, 2.45) is 23.7 Å². The normalized spacial score (nSPS) is 47.5. The number of aliphatic hydroxyl groups is 1. The third-order valence-electron chi connectivity index (χ3n) is 5.07. The minimum absolute atomic E-state index is 0.0651. The van der Waals surface area contributed by atoms with Gasteiger partial charge in [-0.05, 0) is 49.9 Å². The standard InChI is InChI=1S/C14H23NO2/c1-8(2)13(16)15-12-10-3-9-4-11(12)7-14(17,5-9)6-10/h8-12,17H,3-7H2,1-2H3,(H,15,16). The van der Waals surface area contributed by atoms with Gasteiger partial charge in [-0.15, -0.1) is 0 Å². The first kappa shape index (κ1) is 11.5. The van der Waals surface area contributed by atoms with Crippen LogP contribution in [0.1, 0.15) is 46.0 Å². The first-order chi connectivity index (χ1) is 7.97. The van der Waals surface area contributed by atoms with E-state index in [1.165, 1.54) is 12.8 Å². The maximum atomic E-state index is 11.8.